The molecule has 0 fully saturated rings. The molecule has 1 atom stereocenters. The van der Waals surface area contributed by atoms with Gasteiger partial charge >= 0.3 is 12.1 Å². The van der Waals surface area contributed by atoms with Crippen LogP contribution in [0, 0.1) is 0 Å². The first-order valence-corrected chi connectivity index (χ1v) is 7.84. The number of carbonyl (C=O) groups is 2. The molecular weight excluding hydrogens is 300 g/mol. The largest absolute Gasteiger partial charge is 0.468 e. The third-order valence-corrected chi connectivity index (χ3v) is 3.15. The number of nitrogens with one attached hydrogen (secondary N) is 2. The van der Waals surface area contributed by atoms with E-state index in [0.29, 0.717) is 25.9 Å². The smallest absolute Gasteiger partial charge is 0.407 e. The topological polar surface area (TPSA) is 85.9 Å². The fourth-order valence-electron chi connectivity index (χ4n) is 1.70. The van der Waals surface area contributed by atoms with Gasteiger partial charge in [0.15, 0.2) is 0 Å². The van der Waals surface area contributed by atoms with Crippen molar-refractivity contribution in [3.05, 3.63) is 0 Å². The maximum absolute atomic E-state index is 11.8. The van der Waals surface area contributed by atoms with Gasteiger partial charge in [-0.2, -0.15) is 0 Å². The molecule has 7 heteroatoms. The number of alkyl carbamates (subject to hydrolysis) is 1. The van der Waals surface area contributed by atoms with Crippen LogP contribution in [0.15, 0.2) is 0 Å². The second-order valence-electron chi connectivity index (χ2n) is 6.99. The maximum Gasteiger partial charge on any atom is 0.407 e. The number of methoxy groups -OCH3 is 2. The molecule has 2 N–H and O–H groups in total. The first-order chi connectivity index (χ1) is 10.5. The molecule has 0 radical (unpaired) electrons. The predicted octanol–water partition coefficient (Wildman–Crippen LogP) is 1.85. The lowest BCUT2D eigenvalue weighted by Gasteiger charge is -2.26. The van der Waals surface area contributed by atoms with Gasteiger partial charge in [-0.05, 0) is 47.5 Å². The van der Waals surface area contributed by atoms with Gasteiger partial charge in [0.25, 0.3) is 0 Å². The highest BCUT2D eigenvalue weighted by molar-refractivity contribution is 5.75. The maximum atomic E-state index is 11.8. The summed E-state index contributed by atoms with van der Waals surface area (Å²) in [5.41, 5.74) is -0.896. The highest BCUT2D eigenvalue weighted by atomic mass is 16.6. The lowest BCUT2D eigenvalue weighted by Crippen LogP contribution is -2.46. The number of hydrogen-bond donors (Lipinski definition) is 2. The molecule has 0 aliphatic heterocycles. The van der Waals surface area contributed by atoms with E-state index < -0.39 is 17.7 Å². The molecule has 0 saturated carbocycles. The summed E-state index contributed by atoms with van der Waals surface area (Å²) in [5, 5.41) is 5.81. The highest BCUT2D eigenvalue weighted by Crippen LogP contribution is 2.08. The normalized spacial score (nSPS) is 13.3. The van der Waals surface area contributed by atoms with E-state index in [0.717, 1.165) is 0 Å². The first kappa shape index (κ1) is 21.7. The molecule has 136 valence electrons. The van der Waals surface area contributed by atoms with Gasteiger partial charge in [-0.1, -0.05) is 0 Å². The van der Waals surface area contributed by atoms with E-state index in [1.807, 2.05) is 13.8 Å². The zero-order valence-electron chi connectivity index (χ0n) is 15.4. The Kier molecular flexibility index (Phi) is 9.16. The molecule has 0 aliphatic carbocycles. The third-order valence-electron chi connectivity index (χ3n) is 3.15. The Morgan fingerprint density at radius 1 is 1.09 bits per heavy atom. The van der Waals surface area contributed by atoms with E-state index >= 15 is 0 Å². The molecule has 0 aromatic heterocycles. The van der Waals surface area contributed by atoms with Gasteiger partial charge in [-0.15, -0.1) is 0 Å². The second-order valence-corrected chi connectivity index (χ2v) is 6.99. The van der Waals surface area contributed by atoms with Crippen molar-refractivity contribution in [3.8, 4) is 0 Å². The van der Waals surface area contributed by atoms with Gasteiger partial charge in [-0.25, -0.2) is 4.79 Å². The van der Waals surface area contributed by atoms with Gasteiger partial charge in [-0.3, -0.25) is 4.79 Å². The van der Waals surface area contributed by atoms with Crippen molar-refractivity contribution in [2.75, 3.05) is 27.3 Å². The minimum absolute atomic E-state index is 0.325. The number of rotatable bonds is 9. The van der Waals surface area contributed by atoms with E-state index in [9.17, 15) is 9.59 Å². The molecule has 0 saturated heterocycles. The summed E-state index contributed by atoms with van der Waals surface area (Å²) < 4.78 is 15.3. The average Bonchev–Trinajstić information content (AvgIpc) is 2.43. The minimum atomic E-state index is -0.522. The van der Waals surface area contributed by atoms with Crippen LogP contribution in [0.3, 0.4) is 0 Å². The Balaban J connectivity index is 4.21. The molecule has 0 unspecified atom stereocenters. The van der Waals surface area contributed by atoms with Gasteiger partial charge < -0.3 is 24.8 Å². The van der Waals surface area contributed by atoms with Crippen molar-refractivity contribution < 1.29 is 23.8 Å². The minimum Gasteiger partial charge on any atom is -0.468 e. The van der Waals surface area contributed by atoms with Crippen molar-refractivity contribution in [2.24, 2.45) is 0 Å². The fraction of sp³-hybridized carbons (Fsp3) is 0.875. The van der Waals surface area contributed by atoms with Crippen LogP contribution in [-0.4, -0.2) is 56.6 Å². The van der Waals surface area contributed by atoms with E-state index in [1.165, 1.54) is 7.11 Å². The summed E-state index contributed by atoms with van der Waals surface area (Å²) in [6.45, 7) is 10.2. The highest BCUT2D eigenvalue weighted by Gasteiger charge is 2.23. The summed E-state index contributed by atoms with van der Waals surface area (Å²) in [5.74, 6) is -0.325. The lowest BCUT2D eigenvalue weighted by molar-refractivity contribution is -0.143. The van der Waals surface area contributed by atoms with Crippen LogP contribution in [-0.2, 0) is 19.0 Å². The molecule has 0 rings (SSSR count). The summed E-state index contributed by atoms with van der Waals surface area (Å²) in [6, 6.07) is -0.435. The van der Waals surface area contributed by atoms with Crippen LogP contribution in [0.1, 0.15) is 47.5 Å². The molecule has 0 aliphatic rings. The number of esters is 1. The van der Waals surface area contributed by atoms with Crippen LogP contribution in [0.25, 0.3) is 0 Å². The Morgan fingerprint density at radius 3 is 2.17 bits per heavy atom. The van der Waals surface area contributed by atoms with E-state index in [2.05, 4.69) is 10.6 Å². The third kappa shape index (κ3) is 10.9. The summed E-state index contributed by atoms with van der Waals surface area (Å²) >= 11 is 0. The van der Waals surface area contributed by atoms with Gasteiger partial charge in [0.05, 0.1) is 12.7 Å². The van der Waals surface area contributed by atoms with Gasteiger partial charge in [0.1, 0.15) is 11.6 Å². The van der Waals surface area contributed by atoms with Crippen molar-refractivity contribution in [2.45, 2.75) is 64.7 Å². The molecule has 0 spiro atoms. The zero-order chi connectivity index (χ0) is 18.1. The Morgan fingerprint density at radius 2 is 1.70 bits per heavy atom. The number of hydrogen-bond acceptors (Lipinski definition) is 6. The molecule has 1 amide bonds. The molecule has 7 nitrogen and oxygen atoms in total. The SMILES string of the molecule is COC(=O)[C@H](CCCNC(=O)OC(C)(C)C)NCC(C)(C)OC. The zero-order valence-corrected chi connectivity index (χ0v) is 15.4. The van der Waals surface area contributed by atoms with E-state index in [-0.39, 0.29) is 11.6 Å². The standard InChI is InChI=1S/C16H32N2O5/c1-15(2,3)23-14(20)17-10-8-9-12(13(19)21-6)18-11-16(4,5)22-7/h12,18H,8-11H2,1-7H3,(H,17,20)/t12-/m0/s1. The van der Waals surface area contributed by atoms with Crippen molar-refractivity contribution in [1.29, 1.82) is 0 Å². The quantitative estimate of drug-likeness (QED) is 0.495. The van der Waals surface area contributed by atoms with Crippen molar-refractivity contribution in [3.63, 3.8) is 0 Å². The fourth-order valence-corrected chi connectivity index (χ4v) is 1.70. The van der Waals surface area contributed by atoms with Crippen LogP contribution in [0.5, 0.6) is 0 Å². The molecule has 0 heterocycles. The molecule has 0 bridgehead atoms. The lowest BCUT2D eigenvalue weighted by atomic mass is 10.1. The van der Waals surface area contributed by atoms with Crippen LogP contribution >= 0.6 is 0 Å². The Labute approximate surface area is 139 Å². The Hall–Kier alpha value is -1.34. The van der Waals surface area contributed by atoms with Gasteiger partial charge in [0, 0.05) is 20.2 Å². The summed E-state index contributed by atoms with van der Waals surface area (Å²) in [7, 11) is 2.98. The molecule has 23 heavy (non-hydrogen) atoms. The molecule has 0 aromatic carbocycles. The second kappa shape index (κ2) is 9.72. The number of amides is 1. The van der Waals surface area contributed by atoms with E-state index in [4.69, 9.17) is 14.2 Å². The molecule has 0 aromatic rings. The molecular formula is C16H32N2O5. The van der Waals surface area contributed by atoms with Crippen LogP contribution in [0.2, 0.25) is 0 Å². The Bertz CT molecular complexity index is 377. The summed E-state index contributed by atoms with van der Waals surface area (Å²) in [4.78, 5) is 23.3. The van der Waals surface area contributed by atoms with E-state index in [1.54, 1.807) is 27.9 Å². The van der Waals surface area contributed by atoms with Crippen molar-refractivity contribution >= 4 is 12.1 Å². The van der Waals surface area contributed by atoms with Crippen LogP contribution in [0.4, 0.5) is 4.79 Å². The van der Waals surface area contributed by atoms with Crippen LogP contribution < -0.4 is 10.6 Å². The first-order valence-electron chi connectivity index (χ1n) is 7.84. The van der Waals surface area contributed by atoms with Gasteiger partial charge in [0.2, 0.25) is 0 Å². The number of carbonyl (C=O) groups excluding carboxylic acids is 2. The van der Waals surface area contributed by atoms with Crippen molar-refractivity contribution in [1.82, 2.24) is 10.6 Å². The monoisotopic (exact) mass is 332 g/mol. The predicted molar refractivity (Wildman–Crippen MR) is 88.4 cm³/mol. The average molecular weight is 332 g/mol. The number of ether oxygens (including phenoxy) is 3. The summed E-state index contributed by atoms with van der Waals surface area (Å²) in [6.07, 6.45) is 0.711.